The smallest absolute Gasteiger partial charge is 0.147 e. The lowest BCUT2D eigenvalue weighted by atomic mass is 10.1. The van der Waals surface area contributed by atoms with E-state index in [-0.39, 0.29) is 0 Å². The van der Waals surface area contributed by atoms with Gasteiger partial charge in [0.1, 0.15) is 6.79 Å². The van der Waals surface area contributed by atoms with Crippen molar-refractivity contribution in [2.45, 2.75) is 38.9 Å². The van der Waals surface area contributed by atoms with Gasteiger partial charge in [-0.15, -0.1) is 0 Å². The Bertz CT molecular complexity index is 73.0. The second kappa shape index (κ2) is 3.18. The highest BCUT2D eigenvalue weighted by molar-refractivity contribution is 4.58. The molecule has 2 atom stereocenters. The van der Waals surface area contributed by atoms with Crippen molar-refractivity contribution in [1.82, 2.24) is 0 Å². The average molecular weight is 130 g/mol. The van der Waals surface area contributed by atoms with E-state index in [1.54, 1.807) is 0 Å². The van der Waals surface area contributed by atoms with Gasteiger partial charge in [0.25, 0.3) is 0 Å². The van der Waals surface area contributed by atoms with Crippen molar-refractivity contribution < 1.29 is 9.47 Å². The van der Waals surface area contributed by atoms with E-state index in [1.165, 1.54) is 0 Å². The average Bonchev–Trinajstić information content (AvgIpc) is 1.97. The lowest BCUT2D eigenvalue weighted by molar-refractivity contribution is -0.0837. The molecule has 0 unspecified atom stereocenters. The molecule has 0 aromatic heterocycles. The molecule has 1 heterocycles. The van der Waals surface area contributed by atoms with Crippen molar-refractivity contribution in [1.29, 1.82) is 0 Å². The van der Waals surface area contributed by atoms with Gasteiger partial charge < -0.3 is 9.47 Å². The van der Waals surface area contributed by atoms with Gasteiger partial charge >= 0.3 is 0 Å². The summed E-state index contributed by atoms with van der Waals surface area (Å²) in [5, 5.41) is 0. The van der Waals surface area contributed by atoms with Crippen LogP contribution in [0.3, 0.4) is 0 Å². The van der Waals surface area contributed by atoms with Gasteiger partial charge in [0, 0.05) is 0 Å². The molecule has 0 N–H and O–H groups in total. The highest BCUT2D eigenvalue weighted by atomic mass is 16.7. The van der Waals surface area contributed by atoms with Crippen LogP contribution in [0.5, 0.6) is 0 Å². The Labute approximate surface area is 56.2 Å². The zero-order valence-electron chi connectivity index (χ0n) is 6.09. The van der Waals surface area contributed by atoms with Crippen molar-refractivity contribution in [3.05, 3.63) is 0 Å². The first kappa shape index (κ1) is 7.03. The maximum absolute atomic E-state index is 5.25. The lowest BCUT2D eigenvalue weighted by Gasteiger charge is -2.05. The number of hydrogen-bond donors (Lipinski definition) is 0. The van der Waals surface area contributed by atoms with Crippen molar-refractivity contribution in [2.75, 3.05) is 6.79 Å². The summed E-state index contributed by atoms with van der Waals surface area (Å²) in [4.78, 5) is 0. The van der Waals surface area contributed by atoms with Gasteiger partial charge in [-0.05, 0) is 26.7 Å². The first-order valence-electron chi connectivity index (χ1n) is 3.52. The van der Waals surface area contributed by atoms with E-state index in [4.69, 9.17) is 9.47 Å². The van der Waals surface area contributed by atoms with Crippen LogP contribution in [0, 0.1) is 0 Å². The summed E-state index contributed by atoms with van der Waals surface area (Å²) >= 11 is 0. The minimum Gasteiger partial charge on any atom is -0.352 e. The first-order valence-corrected chi connectivity index (χ1v) is 3.52. The molecule has 1 aliphatic heterocycles. The van der Waals surface area contributed by atoms with E-state index in [1.807, 2.05) is 0 Å². The molecule has 1 fully saturated rings. The normalized spacial score (nSPS) is 38.0. The van der Waals surface area contributed by atoms with E-state index in [0.29, 0.717) is 19.0 Å². The van der Waals surface area contributed by atoms with Crippen LogP contribution >= 0.6 is 0 Å². The predicted molar refractivity (Wildman–Crippen MR) is 35.2 cm³/mol. The Balaban J connectivity index is 2.25. The SMILES string of the molecule is C[C@H]1CC[C@H](C)OCO1. The Morgan fingerprint density at radius 1 is 1.00 bits per heavy atom. The van der Waals surface area contributed by atoms with Gasteiger partial charge in [-0.1, -0.05) is 0 Å². The summed E-state index contributed by atoms with van der Waals surface area (Å²) in [6, 6.07) is 0. The summed E-state index contributed by atoms with van der Waals surface area (Å²) in [6.07, 6.45) is 3.02. The Hall–Kier alpha value is -0.0800. The molecule has 0 bridgehead atoms. The zero-order chi connectivity index (χ0) is 6.69. The topological polar surface area (TPSA) is 18.5 Å². The quantitative estimate of drug-likeness (QED) is 0.495. The highest BCUT2D eigenvalue weighted by Crippen LogP contribution is 2.11. The summed E-state index contributed by atoms with van der Waals surface area (Å²) in [7, 11) is 0. The van der Waals surface area contributed by atoms with Gasteiger partial charge in [0.05, 0.1) is 12.2 Å². The maximum Gasteiger partial charge on any atom is 0.147 e. The van der Waals surface area contributed by atoms with E-state index < -0.39 is 0 Å². The fourth-order valence-electron chi connectivity index (χ4n) is 0.908. The highest BCUT2D eigenvalue weighted by Gasteiger charge is 2.11. The monoisotopic (exact) mass is 130 g/mol. The zero-order valence-corrected chi connectivity index (χ0v) is 6.09. The van der Waals surface area contributed by atoms with E-state index in [9.17, 15) is 0 Å². The van der Waals surface area contributed by atoms with Crippen LogP contribution in [0.2, 0.25) is 0 Å². The minimum absolute atomic E-state index is 0.384. The van der Waals surface area contributed by atoms with E-state index in [0.717, 1.165) is 12.8 Å². The van der Waals surface area contributed by atoms with Crippen LogP contribution in [0.4, 0.5) is 0 Å². The number of hydrogen-bond acceptors (Lipinski definition) is 2. The van der Waals surface area contributed by atoms with Gasteiger partial charge in [0.2, 0.25) is 0 Å². The van der Waals surface area contributed by atoms with Gasteiger partial charge in [0.15, 0.2) is 0 Å². The molecule has 1 aliphatic rings. The van der Waals surface area contributed by atoms with Crippen molar-refractivity contribution in [2.24, 2.45) is 0 Å². The molecule has 0 saturated carbocycles. The minimum atomic E-state index is 0.384. The van der Waals surface area contributed by atoms with Crippen molar-refractivity contribution in [3.8, 4) is 0 Å². The molecule has 9 heavy (non-hydrogen) atoms. The van der Waals surface area contributed by atoms with Crippen molar-refractivity contribution >= 4 is 0 Å². The van der Waals surface area contributed by atoms with Crippen LogP contribution in [-0.4, -0.2) is 19.0 Å². The molecule has 54 valence electrons. The van der Waals surface area contributed by atoms with Crippen LogP contribution in [0.1, 0.15) is 26.7 Å². The Morgan fingerprint density at radius 2 is 1.44 bits per heavy atom. The van der Waals surface area contributed by atoms with Crippen LogP contribution < -0.4 is 0 Å². The molecule has 1 saturated heterocycles. The second-order valence-corrected chi connectivity index (χ2v) is 2.65. The predicted octanol–water partition coefficient (Wildman–Crippen LogP) is 1.55. The lowest BCUT2D eigenvalue weighted by Crippen LogP contribution is -2.06. The van der Waals surface area contributed by atoms with Gasteiger partial charge in [-0.3, -0.25) is 0 Å². The third kappa shape index (κ3) is 2.33. The van der Waals surface area contributed by atoms with Gasteiger partial charge in [-0.2, -0.15) is 0 Å². The molecule has 0 aliphatic carbocycles. The van der Waals surface area contributed by atoms with Crippen molar-refractivity contribution in [3.63, 3.8) is 0 Å². The standard InChI is InChI=1S/C7H14O2/c1-6-3-4-7(2)9-5-8-6/h6-7H,3-5H2,1-2H3/t6-,7-/m0/s1. The van der Waals surface area contributed by atoms with E-state index >= 15 is 0 Å². The Morgan fingerprint density at radius 3 is 1.89 bits per heavy atom. The third-order valence-electron chi connectivity index (χ3n) is 1.68. The summed E-state index contributed by atoms with van der Waals surface area (Å²) in [6.45, 7) is 4.64. The molecule has 0 aromatic rings. The molecular formula is C7H14O2. The molecule has 2 nitrogen and oxygen atoms in total. The molecule has 1 rings (SSSR count). The molecule has 0 radical (unpaired) electrons. The molecule has 2 heteroatoms. The third-order valence-corrected chi connectivity index (χ3v) is 1.68. The van der Waals surface area contributed by atoms with Gasteiger partial charge in [-0.25, -0.2) is 0 Å². The summed E-state index contributed by atoms with van der Waals surface area (Å²) < 4.78 is 10.5. The Kier molecular flexibility index (Phi) is 2.49. The molecule has 0 aromatic carbocycles. The number of ether oxygens (including phenoxy) is 2. The largest absolute Gasteiger partial charge is 0.352 e. The van der Waals surface area contributed by atoms with Crippen LogP contribution in [0.15, 0.2) is 0 Å². The number of rotatable bonds is 0. The molecule has 0 spiro atoms. The first-order chi connectivity index (χ1) is 4.29. The van der Waals surface area contributed by atoms with Crippen LogP contribution in [0.25, 0.3) is 0 Å². The second-order valence-electron chi connectivity index (χ2n) is 2.65. The fourth-order valence-corrected chi connectivity index (χ4v) is 0.908. The summed E-state index contributed by atoms with van der Waals surface area (Å²) in [5.74, 6) is 0. The molecule has 0 amide bonds. The maximum atomic E-state index is 5.25. The fraction of sp³-hybridized carbons (Fsp3) is 1.00. The van der Waals surface area contributed by atoms with Crippen LogP contribution in [-0.2, 0) is 9.47 Å². The molecular weight excluding hydrogens is 116 g/mol. The van der Waals surface area contributed by atoms with E-state index in [2.05, 4.69) is 13.8 Å². The summed E-state index contributed by atoms with van der Waals surface area (Å²) in [5.41, 5.74) is 0.